The fourth-order valence-electron chi connectivity index (χ4n) is 0.851. The predicted octanol–water partition coefficient (Wildman–Crippen LogP) is -0.0866. The van der Waals surface area contributed by atoms with Crippen LogP contribution in [0.5, 0.6) is 0 Å². The van der Waals surface area contributed by atoms with Crippen molar-refractivity contribution in [2.24, 2.45) is 5.73 Å². The minimum Gasteiger partial charge on any atom is -0.481 e. The van der Waals surface area contributed by atoms with Gasteiger partial charge < -0.3 is 21.7 Å². The number of carboxylic acids is 2. The van der Waals surface area contributed by atoms with Crippen LogP contribution in [0.2, 0.25) is 0 Å². The number of primary amides is 1. The normalized spacial score (nSPS) is 8.71. The van der Waals surface area contributed by atoms with E-state index in [1.807, 2.05) is 0 Å². The van der Waals surface area contributed by atoms with Crippen molar-refractivity contribution in [2.45, 2.75) is 6.42 Å². The van der Waals surface area contributed by atoms with E-state index < -0.39 is 24.3 Å². The summed E-state index contributed by atoms with van der Waals surface area (Å²) in [4.78, 5) is 29.4. The summed E-state index contributed by atoms with van der Waals surface area (Å²) in [5, 5.41) is 15.4. The molecule has 0 aromatic heterocycles. The van der Waals surface area contributed by atoms with Crippen LogP contribution in [0.25, 0.3) is 0 Å². The van der Waals surface area contributed by atoms with Gasteiger partial charge in [0.25, 0.3) is 5.91 Å². The number of amides is 1. The SMILES string of the molecule is NC(=O)c1ccccc1N.O=C(O)CC(=O)O. The molecule has 1 aromatic rings. The van der Waals surface area contributed by atoms with E-state index in [2.05, 4.69) is 0 Å². The summed E-state index contributed by atoms with van der Waals surface area (Å²) in [5.41, 5.74) is 11.2. The first-order valence-corrected chi connectivity index (χ1v) is 4.42. The average molecular weight is 240 g/mol. The zero-order valence-electron chi connectivity index (χ0n) is 8.79. The lowest BCUT2D eigenvalue weighted by atomic mass is 10.2. The molecule has 1 amide bonds. The molecular formula is C10H12N2O5. The van der Waals surface area contributed by atoms with Crippen molar-refractivity contribution in [1.82, 2.24) is 0 Å². The Morgan fingerprint density at radius 1 is 1.06 bits per heavy atom. The molecule has 0 saturated carbocycles. The maximum absolute atomic E-state index is 10.6. The Morgan fingerprint density at radius 3 is 1.76 bits per heavy atom. The van der Waals surface area contributed by atoms with Crippen molar-refractivity contribution in [3.63, 3.8) is 0 Å². The van der Waals surface area contributed by atoms with Crippen LogP contribution in [0.3, 0.4) is 0 Å². The highest BCUT2D eigenvalue weighted by Gasteiger charge is 2.02. The van der Waals surface area contributed by atoms with E-state index in [9.17, 15) is 14.4 Å². The van der Waals surface area contributed by atoms with Crippen LogP contribution in [-0.2, 0) is 9.59 Å². The Hall–Kier alpha value is -2.57. The van der Waals surface area contributed by atoms with Gasteiger partial charge in [0.1, 0.15) is 6.42 Å². The van der Waals surface area contributed by atoms with Gasteiger partial charge in [0.15, 0.2) is 0 Å². The molecule has 7 nitrogen and oxygen atoms in total. The largest absolute Gasteiger partial charge is 0.481 e. The number of para-hydroxylation sites is 1. The first-order chi connectivity index (χ1) is 7.84. The number of carboxylic acid groups (broad SMARTS) is 2. The fourth-order valence-corrected chi connectivity index (χ4v) is 0.851. The zero-order chi connectivity index (χ0) is 13.4. The number of nitrogens with two attached hydrogens (primary N) is 2. The van der Waals surface area contributed by atoms with Crippen LogP contribution in [0.4, 0.5) is 5.69 Å². The number of rotatable bonds is 3. The smallest absolute Gasteiger partial charge is 0.314 e. The summed E-state index contributed by atoms with van der Waals surface area (Å²) in [5.74, 6) is -3.11. The van der Waals surface area contributed by atoms with Gasteiger partial charge >= 0.3 is 11.9 Å². The summed E-state index contributed by atoms with van der Waals surface area (Å²) in [6, 6.07) is 6.70. The average Bonchev–Trinajstić information content (AvgIpc) is 2.16. The number of benzene rings is 1. The van der Waals surface area contributed by atoms with Crippen molar-refractivity contribution in [3.05, 3.63) is 29.8 Å². The van der Waals surface area contributed by atoms with Gasteiger partial charge in [0.2, 0.25) is 0 Å². The van der Waals surface area contributed by atoms with Crippen LogP contribution in [0.15, 0.2) is 24.3 Å². The van der Waals surface area contributed by atoms with E-state index >= 15 is 0 Å². The first-order valence-electron chi connectivity index (χ1n) is 4.42. The molecule has 0 radical (unpaired) electrons. The number of nitrogen functional groups attached to an aromatic ring is 1. The van der Waals surface area contributed by atoms with Gasteiger partial charge in [0.05, 0.1) is 5.56 Å². The number of anilines is 1. The highest BCUT2D eigenvalue weighted by molar-refractivity contribution is 5.97. The second-order valence-corrected chi connectivity index (χ2v) is 2.92. The molecule has 6 N–H and O–H groups in total. The third kappa shape index (κ3) is 6.50. The second kappa shape index (κ2) is 6.83. The van der Waals surface area contributed by atoms with Gasteiger partial charge in [-0.05, 0) is 12.1 Å². The zero-order valence-corrected chi connectivity index (χ0v) is 8.79. The van der Waals surface area contributed by atoms with Crippen LogP contribution in [-0.4, -0.2) is 28.1 Å². The Kier molecular flexibility index (Phi) is 5.80. The van der Waals surface area contributed by atoms with Crippen molar-refractivity contribution in [3.8, 4) is 0 Å². The molecule has 0 fully saturated rings. The third-order valence-electron chi connectivity index (χ3n) is 1.53. The summed E-state index contributed by atoms with van der Waals surface area (Å²) < 4.78 is 0. The van der Waals surface area contributed by atoms with Gasteiger partial charge in [-0.3, -0.25) is 14.4 Å². The molecule has 17 heavy (non-hydrogen) atoms. The Morgan fingerprint density at radius 2 is 1.53 bits per heavy atom. The molecule has 0 bridgehead atoms. The molecule has 0 atom stereocenters. The quantitative estimate of drug-likeness (QED) is 0.429. The molecule has 0 heterocycles. The Balaban J connectivity index is 0.000000325. The third-order valence-corrected chi connectivity index (χ3v) is 1.53. The highest BCUT2D eigenvalue weighted by Crippen LogP contribution is 2.08. The van der Waals surface area contributed by atoms with Gasteiger partial charge in [-0.1, -0.05) is 12.1 Å². The van der Waals surface area contributed by atoms with Gasteiger partial charge in [-0.2, -0.15) is 0 Å². The van der Waals surface area contributed by atoms with E-state index in [4.69, 9.17) is 21.7 Å². The molecule has 0 aliphatic heterocycles. The highest BCUT2D eigenvalue weighted by atomic mass is 16.4. The van der Waals surface area contributed by atoms with Crippen LogP contribution < -0.4 is 11.5 Å². The maximum Gasteiger partial charge on any atom is 0.314 e. The van der Waals surface area contributed by atoms with E-state index in [1.54, 1.807) is 24.3 Å². The lowest BCUT2D eigenvalue weighted by molar-refractivity contribution is -0.147. The molecule has 0 unspecified atom stereocenters. The number of aliphatic carboxylic acids is 2. The van der Waals surface area contributed by atoms with Gasteiger partial charge in [-0.15, -0.1) is 0 Å². The minimum atomic E-state index is -1.31. The molecule has 1 aromatic carbocycles. The molecule has 0 spiro atoms. The lowest BCUT2D eigenvalue weighted by Gasteiger charge is -1.97. The molecular weight excluding hydrogens is 228 g/mol. The number of hydrogen-bond donors (Lipinski definition) is 4. The summed E-state index contributed by atoms with van der Waals surface area (Å²) in [6.07, 6.45) is -0.806. The van der Waals surface area contributed by atoms with Crippen molar-refractivity contribution < 1.29 is 24.6 Å². The number of carbonyl (C=O) groups excluding carboxylic acids is 1. The summed E-state index contributed by atoms with van der Waals surface area (Å²) in [7, 11) is 0. The van der Waals surface area contributed by atoms with Crippen LogP contribution in [0.1, 0.15) is 16.8 Å². The fraction of sp³-hybridized carbons (Fsp3) is 0.100. The Labute approximate surface area is 96.6 Å². The van der Waals surface area contributed by atoms with E-state index in [-0.39, 0.29) is 0 Å². The predicted molar refractivity (Wildman–Crippen MR) is 59.3 cm³/mol. The molecule has 7 heteroatoms. The van der Waals surface area contributed by atoms with Crippen LogP contribution >= 0.6 is 0 Å². The monoisotopic (exact) mass is 240 g/mol. The topological polar surface area (TPSA) is 144 Å². The van der Waals surface area contributed by atoms with Crippen LogP contribution in [0, 0.1) is 0 Å². The van der Waals surface area contributed by atoms with E-state index in [0.717, 1.165) is 0 Å². The number of carbonyl (C=O) groups is 3. The Bertz CT molecular complexity index is 418. The number of hydrogen-bond acceptors (Lipinski definition) is 4. The molecule has 0 saturated heterocycles. The molecule has 0 aliphatic rings. The van der Waals surface area contributed by atoms with Crippen molar-refractivity contribution in [1.29, 1.82) is 0 Å². The lowest BCUT2D eigenvalue weighted by Crippen LogP contribution is -2.12. The van der Waals surface area contributed by atoms with E-state index in [1.165, 1.54) is 0 Å². The molecule has 0 aliphatic carbocycles. The van der Waals surface area contributed by atoms with Crippen molar-refractivity contribution in [2.75, 3.05) is 5.73 Å². The summed E-state index contributed by atoms with van der Waals surface area (Å²) in [6.45, 7) is 0. The second-order valence-electron chi connectivity index (χ2n) is 2.92. The van der Waals surface area contributed by atoms with E-state index in [0.29, 0.717) is 11.3 Å². The summed E-state index contributed by atoms with van der Waals surface area (Å²) >= 11 is 0. The first kappa shape index (κ1) is 14.4. The minimum absolute atomic E-state index is 0.377. The molecule has 1 rings (SSSR count). The standard InChI is InChI=1S/C7H8N2O.C3H4O4/c8-6-4-2-1-3-5(6)7(9)10;4-2(5)1-3(6)7/h1-4H,8H2,(H2,9,10);1H2,(H,4,5)(H,6,7). The van der Waals surface area contributed by atoms with Gasteiger partial charge in [-0.25, -0.2) is 0 Å². The molecule has 92 valence electrons. The van der Waals surface area contributed by atoms with Gasteiger partial charge in [0, 0.05) is 5.69 Å². The maximum atomic E-state index is 10.6. The van der Waals surface area contributed by atoms with Crippen molar-refractivity contribution >= 4 is 23.5 Å².